The predicted molar refractivity (Wildman–Crippen MR) is 71.9 cm³/mol. The Morgan fingerprint density at radius 2 is 2.11 bits per heavy atom. The first-order valence-electron chi connectivity index (χ1n) is 6.51. The summed E-state index contributed by atoms with van der Waals surface area (Å²) in [6, 6.07) is 4.29. The first kappa shape index (κ1) is 11.6. The summed E-state index contributed by atoms with van der Waals surface area (Å²) in [6.45, 7) is 6.77. The van der Waals surface area contributed by atoms with E-state index in [2.05, 4.69) is 32.9 Å². The van der Waals surface area contributed by atoms with Crippen molar-refractivity contribution in [1.29, 1.82) is 0 Å². The smallest absolute Gasteiger partial charge is 0.176 e. The maximum absolute atomic E-state index is 6.03. The summed E-state index contributed by atoms with van der Waals surface area (Å²) < 4.78 is 12.0. The second-order valence-electron chi connectivity index (χ2n) is 5.53. The maximum atomic E-state index is 6.03. The zero-order valence-corrected chi connectivity index (χ0v) is 11.2. The van der Waals surface area contributed by atoms with Crippen LogP contribution in [0.2, 0.25) is 0 Å². The molecule has 2 aromatic rings. The topological polar surface area (TPSA) is 48.4 Å². The Labute approximate surface area is 107 Å². The van der Waals surface area contributed by atoms with Gasteiger partial charge in [0, 0.05) is 22.9 Å². The highest BCUT2D eigenvalue weighted by Gasteiger charge is 2.33. The Hall–Kier alpha value is -1.48. The van der Waals surface area contributed by atoms with Crippen LogP contribution in [0.5, 0.6) is 5.75 Å². The van der Waals surface area contributed by atoms with Gasteiger partial charge in [-0.25, -0.2) is 0 Å². The summed E-state index contributed by atoms with van der Waals surface area (Å²) in [5, 5.41) is 1.15. The lowest BCUT2D eigenvalue weighted by molar-refractivity contribution is 0.138. The Bertz CT molecular complexity index is 610. The van der Waals surface area contributed by atoms with Crippen LogP contribution in [0.1, 0.15) is 37.7 Å². The zero-order chi connectivity index (χ0) is 12.9. The summed E-state index contributed by atoms with van der Waals surface area (Å²) in [5.41, 5.74) is 8.93. The maximum Gasteiger partial charge on any atom is 0.176 e. The molecule has 0 spiro atoms. The van der Waals surface area contributed by atoms with Crippen molar-refractivity contribution in [2.75, 3.05) is 0 Å². The third-order valence-electron chi connectivity index (χ3n) is 3.61. The van der Waals surface area contributed by atoms with Gasteiger partial charge < -0.3 is 14.9 Å². The van der Waals surface area contributed by atoms with Gasteiger partial charge in [-0.1, -0.05) is 19.1 Å². The van der Waals surface area contributed by atoms with E-state index in [1.165, 1.54) is 11.1 Å². The molecule has 0 amide bonds. The minimum atomic E-state index is -0.140. The van der Waals surface area contributed by atoms with Crippen molar-refractivity contribution in [3.8, 4) is 5.75 Å². The number of nitrogens with two attached hydrogens (primary N) is 1. The van der Waals surface area contributed by atoms with Gasteiger partial charge in [0.15, 0.2) is 11.3 Å². The van der Waals surface area contributed by atoms with Gasteiger partial charge >= 0.3 is 0 Å². The normalized spacial score (nSPS) is 16.9. The molecule has 0 bridgehead atoms. The number of benzene rings is 1. The fraction of sp³-hybridized carbons (Fsp3) is 0.467. The molecule has 3 rings (SSSR count). The second kappa shape index (κ2) is 3.75. The number of ether oxygens (including phenoxy) is 1. The Morgan fingerprint density at radius 1 is 1.33 bits per heavy atom. The summed E-state index contributed by atoms with van der Waals surface area (Å²) in [7, 11) is 0. The number of hydrogen-bond acceptors (Lipinski definition) is 3. The number of hydrogen-bond donors (Lipinski definition) is 1. The van der Waals surface area contributed by atoms with E-state index in [0.717, 1.165) is 35.3 Å². The lowest BCUT2D eigenvalue weighted by atomic mass is 10.00. The van der Waals surface area contributed by atoms with E-state index in [9.17, 15) is 0 Å². The molecular formula is C15H19NO2. The molecule has 1 aromatic carbocycles. The molecule has 1 aliphatic heterocycles. The van der Waals surface area contributed by atoms with Crippen molar-refractivity contribution in [2.24, 2.45) is 5.73 Å². The highest BCUT2D eigenvalue weighted by Crippen LogP contribution is 2.42. The van der Waals surface area contributed by atoms with Crippen LogP contribution in [0.25, 0.3) is 11.0 Å². The van der Waals surface area contributed by atoms with Gasteiger partial charge in [-0.15, -0.1) is 0 Å². The lowest BCUT2D eigenvalue weighted by Crippen LogP contribution is -2.24. The predicted octanol–water partition coefficient (Wildman–Crippen LogP) is 3.17. The summed E-state index contributed by atoms with van der Waals surface area (Å²) in [6.07, 6.45) is 1.86. The van der Waals surface area contributed by atoms with Crippen molar-refractivity contribution in [2.45, 2.75) is 45.8 Å². The van der Waals surface area contributed by atoms with E-state index in [-0.39, 0.29) is 5.60 Å². The SMILES string of the molecule is CCc1c(CN)oc2c3c(ccc12)CC(C)(C)O3. The van der Waals surface area contributed by atoms with E-state index in [1.54, 1.807) is 0 Å². The molecule has 1 aromatic heterocycles. The van der Waals surface area contributed by atoms with Crippen LogP contribution in [0.4, 0.5) is 0 Å². The van der Waals surface area contributed by atoms with E-state index >= 15 is 0 Å². The minimum Gasteiger partial charge on any atom is -0.483 e. The van der Waals surface area contributed by atoms with Crippen LogP contribution >= 0.6 is 0 Å². The zero-order valence-electron chi connectivity index (χ0n) is 11.2. The van der Waals surface area contributed by atoms with Gasteiger partial charge in [-0.2, -0.15) is 0 Å². The van der Waals surface area contributed by atoms with Crippen LogP contribution in [0, 0.1) is 0 Å². The van der Waals surface area contributed by atoms with Gasteiger partial charge in [0.05, 0.1) is 6.54 Å². The van der Waals surface area contributed by atoms with Crippen molar-refractivity contribution >= 4 is 11.0 Å². The average Bonchev–Trinajstić information content (AvgIpc) is 2.83. The summed E-state index contributed by atoms with van der Waals surface area (Å²) in [4.78, 5) is 0. The molecule has 0 saturated carbocycles. The van der Waals surface area contributed by atoms with E-state index in [4.69, 9.17) is 14.9 Å². The Balaban J connectivity index is 2.26. The number of rotatable bonds is 2. The molecule has 3 nitrogen and oxygen atoms in total. The molecule has 1 aliphatic rings. The van der Waals surface area contributed by atoms with Gasteiger partial charge in [0.1, 0.15) is 11.4 Å². The molecule has 18 heavy (non-hydrogen) atoms. The van der Waals surface area contributed by atoms with E-state index in [1.807, 2.05) is 0 Å². The van der Waals surface area contributed by atoms with Crippen molar-refractivity contribution in [1.82, 2.24) is 0 Å². The second-order valence-corrected chi connectivity index (χ2v) is 5.53. The molecule has 96 valence electrons. The molecule has 0 aliphatic carbocycles. The minimum absolute atomic E-state index is 0.140. The molecule has 0 atom stereocenters. The van der Waals surface area contributed by atoms with E-state index < -0.39 is 0 Å². The monoisotopic (exact) mass is 245 g/mol. The average molecular weight is 245 g/mol. The standard InChI is InChI=1S/C15H19NO2/c1-4-10-11-6-5-9-7-15(2,3)18-13(9)14(11)17-12(10)8-16/h5-6H,4,7-8,16H2,1-3H3. The van der Waals surface area contributed by atoms with Crippen LogP contribution in [0.15, 0.2) is 16.5 Å². The van der Waals surface area contributed by atoms with Crippen molar-refractivity contribution in [3.63, 3.8) is 0 Å². The summed E-state index contributed by atoms with van der Waals surface area (Å²) >= 11 is 0. The highest BCUT2D eigenvalue weighted by atomic mass is 16.5. The Morgan fingerprint density at radius 3 is 2.78 bits per heavy atom. The van der Waals surface area contributed by atoms with E-state index in [0.29, 0.717) is 6.54 Å². The molecule has 3 heteroatoms. The summed E-state index contributed by atoms with van der Waals surface area (Å²) in [5.74, 6) is 1.79. The van der Waals surface area contributed by atoms with Crippen molar-refractivity contribution < 1.29 is 9.15 Å². The fourth-order valence-corrected chi connectivity index (χ4v) is 2.85. The fourth-order valence-electron chi connectivity index (χ4n) is 2.85. The van der Waals surface area contributed by atoms with Crippen LogP contribution in [-0.4, -0.2) is 5.60 Å². The quantitative estimate of drug-likeness (QED) is 0.884. The van der Waals surface area contributed by atoms with Gasteiger partial charge in [0.2, 0.25) is 0 Å². The third kappa shape index (κ3) is 1.54. The molecule has 2 heterocycles. The molecule has 0 unspecified atom stereocenters. The first-order chi connectivity index (χ1) is 8.55. The van der Waals surface area contributed by atoms with Crippen LogP contribution in [0.3, 0.4) is 0 Å². The van der Waals surface area contributed by atoms with Crippen LogP contribution in [-0.2, 0) is 19.4 Å². The largest absolute Gasteiger partial charge is 0.483 e. The van der Waals surface area contributed by atoms with Crippen molar-refractivity contribution in [3.05, 3.63) is 29.0 Å². The van der Waals surface area contributed by atoms with Crippen LogP contribution < -0.4 is 10.5 Å². The molecule has 2 N–H and O–H groups in total. The first-order valence-corrected chi connectivity index (χ1v) is 6.51. The highest BCUT2D eigenvalue weighted by molar-refractivity contribution is 5.89. The van der Waals surface area contributed by atoms with Gasteiger partial charge in [0.25, 0.3) is 0 Å². The Kier molecular flexibility index (Phi) is 2.42. The number of fused-ring (bicyclic) bond motifs is 3. The van der Waals surface area contributed by atoms with Gasteiger partial charge in [-0.3, -0.25) is 0 Å². The molecule has 0 fully saturated rings. The lowest BCUT2D eigenvalue weighted by Gasteiger charge is -2.16. The third-order valence-corrected chi connectivity index (χ3v) is 3.61. The molecule has 0 radical (unpaired) electrons. The number of furan rings is 1. The molecular weight excluding hydrogens is 226 g/mol. The number of aryl methyl sites for hydroxylation is 1. The van der Waals surface area contributed by atoms with Gasteiger partial charge in [-0.05, 0) is 20.3 Å². The molecule has 0 saturated heterocycles.